The van der Waals surface area contributed by atoms with E-state index in [-0.39, 0.29) is 0 Å². The van der Waals surface area contributed by atoms with Gasteiger partial charge in [0, 0.05) is 20.3 Å². The van der Waals surface area contributed by atoms with Crippen LogP contribution in [0.3, 0.4) is 0 Å². The summed E-state index contributed by atoms with van der Waals surface area (Å²) in [6, 6.07) is 1.86. The molecule has 0 saturated carbocycles. The van der Waals surface area contributed by atoms with Crippen LogP contribution >= 0.6 is 27.3 Å². The molecule has 0 unspecified atom stereocenters. The lowest BCUT2D eigenvalue weighted by atomic mass is 10.4. The maximum absolute atomic E-state index is 9.98. The smallest absolute Gasteiger partial charge is 0.235 e. The molecule has 0 saturated heterocycles. The number of rotatable bonds is 2. The van der Waals surface area contributed by atoms with E-state index in [0.29, 0.717) is 0 Å². The fraction of sp³-hybridized carbons (Fsp3) is 0.143. The molecule has 1 aromatic heterocycles. The molecule has 0 fully saturated rings. The zero-order valence-electron chi connectivity index (χ0n) is 6.28. The van der Waals surface area contributed by atoms with Crippen LogP contribution in [-0.2, 0) is 0 Å². The summed E-state index contributed by atoms with van der Waals surface area (Å²) in [5.74, 6) is 0. The summed E-state index contributed by atoms with van der Waals surface area (Å²) in [4.78, 5) is 11.5. The van der Waals surface area contributed by atoms with E-state index in [2.05, 4.69) is 15.9 Å². The Balaban J connectivity index is 2.83. The van der Waals surface area contributed by atoms with Gasteiger partial charge in [-0.05, 0) is 28.9 Å². The molecule has 1 aromatic rings. The van der Waals surface area contributed by atoms with Crippen molar-refractivity contribution in [1.29, 1.82) is 0 Å². The van der Waals surface area contributed by atoms with Crippen LogP contribution in [0.4, 0.5) is 0 Å². The number of hydrogen-bond donors (Lipinski definition) is 0. The minimum absolute atomic E-state index is 0.469. The van der Waals surface area contributed by atoms with Crippen molar-refractivity contribution in [3.8, 4) is 0 Å². The Labute approximate surface area is 82.0 Å². The molecule has 1 rings (SSSR count). The summed E-state index contributed by atoms with van der Waals surface area (Å²) in [6.45, 7) is 1.96. The van der Waals surface area contributed by atoms with Crippen molar-refractivity contribution in [2.45, 2.75) is 6.92 Å². The van der Waals surface area contributed by atoms with Gasteiger partial charge in [0.25, 0.3) is 0 Å². The SMILES string of the molecule is Cc1sc(/C=C/[N+](=O)[O-])cc1Br. The number of hydrogen-bond acceptors (Lipinski definition) is 3. The monoisotopic (exact) mass is 247 g/mol. The molecule has 5 heteroatoms. The normalized spacial score (nSPS) is 10.8. The number of nitro groups is 1. The summed E-state index contributed by atoms with van der Waals surface area (Å²) in [7, 11) is 0. The lowest BCUT2D eigenvalue weighted by Crippen LogP contribution is -1.80. The summed E-state index contributed by atoms with van der Waals surface area (Å²) in [6.07, 6.45) is 2.43. The molecule has 1 heterocycles. The molecule has 3 nitrogen and oxygen atoms in total. The largest absolute Gasteiger partial charge is 0.259 e. The molecular weight excluding hydrogens is 242 g/mol. The fourth-order valence-corrected chi connectivity index (χ4v) is 2.15. The number of aryl methyl sites for hydroxylation is 1. The summed E-state index contributed by atoms with van der Waals surface area (Å²) in [5, 5.41) is 9.98. The Morgan fingerprint density at radius 2 is 2.42 bits per heavy atom. The Bertz CT molecular complexity index is 313. The van der Waals surface area contributed by atoms with Crippen LogP contribution in [-0.4, -0.2) is 4.92 Å². The first-order valence-electron chi connectivity index (χ1n) is 3.17. The second kappa shape index (κ2) is 3.82. The van der Waals surface area contributed by atoms with E-state index in [1.807, 2.05) is 13.0 Å². The molecule has 64 valence electrons. The van der Waals surface area contributed by atoms with Gasteiger partial charge < -0.3 is 0 Å². The van der Waals surface area contributed by atoms with Crippen molar-refractivity contribution < 1.29 is 4.92 Å². The van der Waals surface area contributed by atoms with E-state index in [1.165, 1.54) is 17.4 Å². The molecule has 0 N–H and O–H groups in total. The lowest BCUT2D eigenvalue weighted by Gasteiger charge is -1.78. The molecule has 0 amide bonds. The van der Waals surface area contributed by atoms with Crippen LogP contribution in [0.15, 0.2) is 16.7 Å². The van der Waals surface area contributed by atoms with Crippen LogP contribution in [0, 0.1) is 17.0 Å². The van der Waals surface area contributed by atoms with Crippen LogP contribution in [0.2, 0.25) is 0 Å². The van der Waals surface area contributed by atoms with E-state index in [4.69, 9.17) is 0 Å². The standard InChI is InChI=1S/C7H6BrNO2S/c1-5-7(8)4-6(12-5)2-3-9(10)11/h2-4H,1H3/b3-2+. The summed E-state index contributed by atoms with van der Waals surface area (Å²) in [5.41, 5.74) is 0. The van der Waals surface area contributed by atoms with Gasteiger partial charge in [0.05, 0.1) is 4.92 Å². The molecule has 0 bridgehead atoms. The zero-order chi connectivity index (χ0) is 9.14. The molecule has 0 aromatic carbocycles. The maximum Gasteiger partial charge on any atom is 0.235 e. The zero-order valence-corrected chi connectivity index (χ0v) is 8.68. The molecule has 0 aliphatic heterocycles. The maximum atomic E-state index is 9.98. The lowest BCUT2D eigenvalue weighted by molar-refractivity contribution is -0.400. The highest BCUT2D eigenvalue weighted by molar-refractivity contribution is 9.10. The molecule has 0 spiro atoms. The molecular formula is C7H6BrNO2S. The topological polar surface area (TPSA) is 43.1 Å². The predicted molar refractivity (Wildman–Crippen MR) is 52.8 cm³/mol. The summed E-state index contributed by atoms with van der Waals surface area (Å²) < 4.78 is 0.996. The van der Waals surface area contributed by atoms with Crippen molar-refractivity contribution in [2.24, 2.45) is 0 Å². The third kappa shape index (κ3) is 2.42. The number of nitrogens with zero attached hydrogens (tertiary/aromatic N) is 1. The van der Waals surface area contributed by atoms with Crippen molar-refractivity contribution >= 4 is 33.3 Å². The minimum atomic E-state index is -0.469. The highest BCUT2D eigenvalue weighted by atomic mass is 79.9. The van der Waals surface area contributed by atoms with E-state index < -0.39 is 4.92 Å². The Morgan fingerprint density at radius 1 is 1.75 bits per heavy atom. The number of halogens is 1. The van der Waals surface area contributed by atoms with Crippen LogP contribution in [0.5, 0.6) is 0 Å². The molecule has 0 atom stereocenters. The van der Waals surface area contributed by atoms with E-state index in [9.17, 15) is 10.1 Å². The van der Waals surface area contributed by atoms with Gasteiger partial charge in [0.1, 0.15) is 0 Å². The van der Waals surface area contributed by atoms with Gasteiger partial charge in [-0.15, -0.1) is 11.3 Å². The van der Waals surface area contributed by atoms with Gasteiger partial charge in [0.15, 0.2) is 0 Å². The quantitative estimate of drug-likeness (QED) is 0.596. The third-order valence-electron chi connectivity index (χ3n) is 1.24. The Hall–Kier alpha value is -0.680. The Morgan fingerprint density at radius 3 is 2.83 bits per heavy atom. The van der Waals surface area contributed by atoms with Gasteiger partial charge in [0.2, 0.25) is 6.20 Å². The first-order chi connectivity index (χ1) is 5.59. The molecule has 0 aliphatic carbocycles. The average molecular weight is 248 g/mol. The minimum Gasteiger partial charge on any atom is -0.259 e. The second-order valence-electron chi connectivity index (χ2n) is 2.15. The van der Waals surface area contributed by atoms with Gasteiger partial charge in [-0.1, -0.05) is 0 Å². The van der Waals surface area contributed by atoms with Gasteiger partial charge in [-0.25, -0.2) is 0 Å². The van der Waals surface area contributed by atoms with Crippen LogP contribution in [0.25, 0.3) is 6.08 Å². The van der Waals surface area contributed by atoms with E-state index in [1.54, 1.807) is 0 Å². The predicted octanol–water partition coefficient (Wildman–Crippen LogP) is 3.07. The highest BCUT2D eigenvalue weighted by Crippen LogP contribution is 2.26. The third-order valence-corrected chi connectivity index (χ3v) is 3.34. The van der Waals surface area contributed by atoms with Crippen molar-refractivity contribution in [1.82, 2.24) is 0 Å². The summed E-state index contributed by atoms with van der Waals surface area (Å²) >= 11 is 4.85. The first kappa shape index (κ1) is 9.41. The fourth-order valence-electron chi connectivity index (χ4n) is 0.698. The molecule has 0 aliphatic rings. The van der Waals surface area contributed by atoms with Gasteiger partial charge in [-0.2, -0.15) is 0 Å². The van der Waals surface area contributed by atoms with Gasteiger partial charge >= 0.3 is 0 Å². The van der Waals surface area contributed by atoms with Crippen LogP contribution < -0.4 is 0 Å². The Kier molecular flexibility index (Phi) is 2.99. The molecule has 12 heavy (non-hydrogen) atoms. The van der Waals surface area contributed by atoms with Crippen molar-refractivity contribution in [2.75, 3.05) is 0 Å². The van der Waals surface area contributed by atoms with Gasteiger partial charge in [-0.3, -0.25) is 10.1 Å². The average Bonchev–Trinajstić information content (AvgIpc) is 2.28. The van der Waals surface area contributed by atoms with Crippen molar-refractivity contribution in [3.63, 3.8) is 0 Å². The first-order valence-corrected chi connectivity index (χ1v) is 4.78. The van der Waals surface area contributed by atoms with Crippen LogP contribution in [0.1, 0.15) is 9.75 Å². The van der Waals surface area contributed by atoms with Crippen molar-refractivity contribution in [3.05, 3.63) is 36.6 Å². The van der Waals surface area contributed by atoms with E-state index in [0.717, 1.165) is 20.4 Å². The second-order valence-corrected chi connectivity index (χ2v) is 4.30. The van der Waals surface area contributed by atoms with E-state index >= 15 is 0 Å². The highest BCUT2D eigenvalue weighted by Gasteiger charge is 2.00. The molecule has 0 radical (unpaired) electrons. The number of thiophene rings is 1.